The molecule has 0 unspecified atom stereocenters. The molecule has 0 amide bonds. The summed E-state index contributed by atoms with van der Waals surface area (Å²) in [5.41, 5.74) is 2.84. The Morgan fingerprint density at radius 2 is 1.62 bits per heavy atom. The summed E-state index contributed by atoms with van der Waals surface area (Å²) in [6.07, 6.45) is 0. The number of methoxy groups -OCH3 is 1. The van der Waals surface area contributed by atoms with Crippen molar-refractivity contribution >= 4 is 22.8 Å². The monoisotopic (exact) mass is 427 g/mol. The van der Waals surface area contributed by atoms with E-state index in [1.165, 1.54) is 7.11 Å². The predicted molar refractivity (Wildman–Crippen MR) is 126 cm³/mol. The van der Waals surface area contributed by atoms with Crippen LogP contribution in [0.4, 0.5) is 5.95 Å². The van der Waals surface area contributed by atoms with Crippen LogP contribution in [0.3, 0.4) is 0 Å². The highest BCUT2D eigenvalue weighted by Gasteiger charge is 2.18. The topological polar surface area (TPSA) is 64.4 Å². The van der Waals surface area contributed by atoms with Crippen molar-refractivity contribution in [2.75, 3.05) is 18.6 Å². The molecule has 4 rings (SSSR count). The van der Waals surface area contributed by atoms with Gasteiger partial charge in [-0.25, -0.2) is 9.78 Å². The molecule has 0 saturated carbocycles. The average molecular weight is 428 g/mol. The highest BCUT2D eigenvalue weighted by Crippen LogP contribution is 2.20. The molecule has 6 nitrogen and oxygen atoms in total. The van der Waals surface area contributed by atoms with Gasteiger partial charge >= 0.3 is 5.97 Å². The van der Waals surface area contributed by atoms with Gasteiger partial charge in [0.05, 0.1) is 30.1 Å². The fourth-order valence-corrected chi connectivity index (χ4v) is 3.73. The zero-order valence-electron chi connectivity index (χ0n) is 18.2. The molecule has 0 fully saturated rings. The molecule has 0 bridgehead atoms. The van der Waals surface area contributed by atoms with Crippen LogP contribution in [-0.2, 0) is 17.8 Å². The zero-order valence-corrected chi connectivity index (χ0v) is 18.2. The van der Waals surface area contributed by atoms with E-state index in [4.69, 9.17) is 9.72 Å². The van der Waals surface area contributed by atoms with E-state index in [0.29, 0.717) is 42.0 Å². The average Bonchev–Trinajstić information content (AvgIpc) is 2.84. The fraction of sp³-hybridized carbons (Fsp3) is 0.192. The maximum atomic E-state index is 13.6. The number of carbonyl (C=O) groups excluding carboxylic acids is 1. The number of aromatic nitrogens is 2. The molecule has 0 atom stereocenters. The van der Waals surface area contributed by atoms with Crippen LogP contribution in [0, 0.1) is 0 Å². The maximum absolute atomic E-state index is 13.6. The molecule has 0 N–H and O–H groups in total. The van der Waals surface area contributed by atoms with Crippen molar-refractivity contribution in [2.45, 2.75) is 20.0 Å². The lowest BCUT2D eigenvalue weighted by atomic mass is 10.1. The van der Waals surface area contributed by atoms with Gasteiger partial charge in [-0.3, -0.25) is 9.36 Å². The van der Waals surface area contributed by atoms with Crippen LogP contribution in [0.2, 0.25) is 0 Å². The molecule has 32 heavy (non-hydrogen) atoms. The number of hydrogen-bond donors (Lipinski definition) is 0. The molecule has 4 aromatic rings. The molecule has 1 heterocycles. The standard InChI is InChI=1S/C26H25N3O3/c1-3-28(17-19-10-6-4-7-11-19)26-27-23-16-21(25(31)32-2)14-15-22(23)24(30)29(26)18-20-12-8-5-9-13-20/h4-16H,3,17-18H2,1-2H3. The Labute approximate surface area is 186 Å². The van der Waals surface area contributed by atoms with Crippen molar-refractivity contribution < 1.29 is 9.53 Å². The number of nitrogens with zero attached hydrogens (tertiary/aromatic N) is 3. The van der Waals surface area contributed by atoms with Crippen LogP contribution >= 0.6 is 0 Å². The number of ether oxygens (including phenoxy) is 1. The first-order chi connectivity index (χ1) is 15.6. The lowest BCUT2D eigenvalue weighted by molar-refractivity contribution is 0.0601. The molecule has 162 valence electrons. The van der Waals surface area contributed by atoms with Gasteiger partial charge in [0.2, 0.25) is 5.95 Å². The Morgan fingerprint density at radius 3 is 2.25 bits per heavy atom. The molecule has 0 saturated heterocycles. The summed E-state index contributed by atoms with van der Waals surface area (Å²) in [6, 6.07) is 24.8. The van der Waals surface area contributed by atoms with Gasteiger partial charge in [0.25, 0.3) is 5.56 Å². The summed E-state index contributed by atoms with van der Waals surface area (Å²) >= 11 is 0. The summed E-state index contributed by atoms with van der Waals surface area (Å²) in [7, 11) is 1.34. The van der Waals surface area contributed by atoms with Gasteiger partial charge in [-0.05, 0) is 36.2 Å². The Morgan fingerprint density at radius 1 is 0.969 bits per heavy atom. The van der Waals surface area contributed by atoms with E-state index < -0.39 is 5.97 Å². The lowest BCUT2D eigenvalue weighted by Gasteiger charge is -2.26. The summed E-state index contributed by atoms with van der Waals surface area (Å²) in [5, 5.41) is 0.466. The minimum absolute atomic E-state index is 0.142. The number of carbonyl (C=O) groups is 1. The third-order valence-electron chi connectivity index (χ3n) is 5.42. The molecule has 1 aromatic heterocycles. The van der Waals surface area contributed by atoms with E-state index in [2.05, 4.69) is 17.0 Å². The predicted octanol–water partition coefficient (Wildman–Crippen LogP) is 4.26. The summed E-state index contributed by atoms with van der Waals surface area (Å²) < 4.78 is 6.55. The largest absolute Gasteiger partial charge is 0.465 e. The molecule has 0 aliphatic carbocycles. The van der Waals surface area contributed by atoms with Crippen molar-refractivity contribution in [1.29, 1.82) is 0 Å². The van der Waals surface area contributed by atoms with Crippen LogP contribution in [0.15, 0.2) is 83.7 Å². The Kier molecular flexibility index (Phi) is 6.31. The van der Waals surface area contributed by atoms with Crippen LogP contribution in [0.1, 0.15) is 28.4 Å². The lowest BCUT2D eigenvalue weighted by Crippen LogP contribution is -2.33. The second-order valence-electron chi connectivity index (χ2n) is 7.51. The summed E-state index contributed by atoms with van der Waals surface area (Å²) in [6.45, 7) is 3.72. The number of anilines is 1. The van der Waals surface area contributed by atoms with Crippen LogP contribution in [-0.4, -0.2) is 29.2 Å². The molecule has 0 spiro atoms. The van der Waals surface area contributed by atoms with Gasteiger partial charge < -0.3 is 9.64 Å². The van der Waals surface area contributed by atoms with Crippen LogP contribution in [0.25, 0.3) is 10.9 Å². The van der Waals surface area contributed by atoms with Gasteiger partial charge in [-0.1, -0.05) is 60.7 Å². The minimum Gasteiger partial charge on any atom is -0.465 e. The van der Waals surface area contributed by atoms with Crippen molar-refractivity contribution in [3.05, 3.63) is 106 Å². The molecule has 0 radical (unpaired) electrons. The second kappa shape index (κ2) is 9.47. The van der Waals surface area contributed by atoms with E-state index in [0.717, 1.165) is 11.1 Å². The van der Waals surface area contributed by atoms with E-state index in [1.54, 1.807) is 22.8 Å². The molecule has 3 aromatic carbocycles. The molecular formula is C26H25N3O3. The van der Waals surface area contributed by atoms with Gasteiger partial charge in [-0.2, -0.15) is 0 Å². The Hall–Kier alpha value is -3.93. The highest BCUT2D eigenvalue weighted by molar-refractivity contribution is 5.94. The number of rotatable bonds is 7. The van der Waals surface area contributed by atoms with Gasteiger partial charge in [0.15, 0.2) is 0 Å². The Bertz CT molecular complexity index is 1280. The minimum atomic E-state index is -0.458. The van der Waals surface area contributed by atoms with Crippen molar-refractivity contribution in [1.82, 2.24) is 9.55 Å². The summed E-state index contributed by atoms with van der Waals surface area (Å²) in [5.74, 6) is 0.111. The number of benzene rings is 3. The molecule has 6 heteroatoms. The van der Waals surface area contributed by atoms with Gasteiger partial charge in [0.1, 0.15) is 0 Å². The zero-order chi connectivity index (χ0) is 22.5. The van der Waals surface area contributed by atoms with Gasteiger partial charge in [-0.15, -0.1) is 0 Å². The highest BCUT2D eigenvalue weighted by atomic mass is 16.5. The molecule has 0 aliphatic heterocycles. The molecule has 0 aliphatic rings. The third-order valence-corrected chi connectivity index (χ3v) is 5.42. The maximum Gasteiger partial charge on any atom is 0.337 e. The van der Waals surface area contributed by atoms with Crippen LogP contribution < -0.4 is 10.5 Å². The number of esters is 1. The van der Waals surface area contributed by atoms with Crippen molar-refractivity contribution in [3.63, 3.8) is 0 Å². The quantitative estimate of drug-likeness (QED) is 0.413. The van der Waals surface area contributed by atoms with Crippen molar-refractivity contribution in [2.24, 2.45) is 0 Å². The van der Waals surface area contributed by atoms with E-state index in [-0.39, 0.29) is 5.56 Å². The smallest absolute Gasteiger partial charge is 0.337 e. The first-order valence-corrected chi connectivity index (χ1v) is 10.6. The second-order valence-corrected chi connectivity index (χ2v) is 7.51. The number of hydrogen-bond acceptors (Lipinski definition) is 5. The first-order valence-electron chi connectivity index (χ1n) is 10.6. The summed E-state index contributed by atoms with van der Waals surface area (Å²) in [4.78, 5) is 32.5. The van der Waals surface area contributed by atoms with Crippen molar-refractivity contribution in [3.8, 4) is 0 Å². The van der Waals surface area contributed by atoms with E-state index >= 15 is 0 Å². The van der Waals surface area contributed by atoms with E-state index in [9.17, 15) is 9.59 Å². The number of fused-ring (bicyclic) bond motifs is 1. The van der Waals surface area contributed by atoms with Gasteiger partial charge in [0, 0.05) is 13.1 Å². The first kappa shape index (κ1) is 21.3. The fourth-order valence-electron chi connectivity index (χ4n) is 3.73. The Balaban J connectivity index is 1.88. The SMILES string of the molecule is CCN(Cc1ccccc1)c1nc2cc(C(=O)OC)ccc2c(=O)n1Cc1ccccc1. The van der Waals surface area contributed by atoms with Crippen LogP contribution in [0.5, 0.6) is 0 Å². The third kappa shape index (κ3) is 4.39. The molecular weight excluding hydrogens is 402 g/mol. The normalized spacial score (nSPS) is 10.8. The van der Waals surface area contributed by atoms with E-state index in [1.807, 2.05) is 55.5 Å².